The maximum Gasteiger partial charge on any atom is 0.227 e. The Hall–Kier alpha value is -2.55. The maximum atomic E-state index is 12.0. The number of rotatable bonds is 8. The van der Waals surface area contributed by atoms with Gasteiger partial charge >= 0.3 is 0 Å². The fraction of sp³-hybridized carbons (Fsp3) is 0.640. The number of nitrogens with one attached hydrogen (secondary N) is 1. The van der Waals surface area contributed by atoms with E-state index in [9.17, 15) is 14.9 Å². The molecule has 1 aliphatic heterocycles. The Morgan fingerprint density at radius 2 is 1.97 bits per heavy atom. The quantitative estimate of drug-likeness (QED) is 0.634. The predicted octanol–water partition coefficient (Wildman–Crippen LogP) is 4.30. The molecular formula is C25H34N4O2. The second-order valence-electron chi connectivity index (χ2n) is 9.49. The van der Waals surface area contributed by atoms with Crippen molar-refractivity contribution in [2.75, 3.05) is 29.9 Å². The van der Waals surface area contributed by atoms with Gasteiger partial charge in [-0.05, 0) is 69.1 Å². The first kappa shape index (κ1) is 21.7. The molecule has 0 aromatic heterocycles. The number of nitriles is 1. The van der Waals surface area contributed by atoms with Crippen molar-refractivity contribution >= 4 is 23.7 Å². The largest absolute Gasteiger partial charge is 0.370 e. The number of anilines is 2. The number of hydrogen-bond donors (Lipinski definition) is 1. The molecule has 1 N–H and O–H groups in total. The molecular weight excluding hydrogens is 388 g/mol. The van der Waals surface area contributed by atoms with E-state index in [1.807, 2.05) is 17.0 Å². The average molecular weight is 423 g/mol. The van der Waals surface area contributed by atoms with Crippen molar-refractivity contribution < 1.29 is 9.59 Å². The maximum absolute atomic E-state index is 12.0. The zero-order valence-electron chi connectivity index (χ0n) is 18.4. The lowest BCUT2D eigenvalue weighted by molar-refractivity contribution is -0.121. The van der Waals surface area contributed by atoms with Gasteiger partial charge in [-0.25, -0.2) is 0 Å². The van der Waals surface area contributed by atoms with Gasteiger partial charge in [-0.2, -0.15) is 5.26 Å². The van der Waals surface area contributed by atoms with Gasteiger partial charge in [0, 0.05) is 37.3 Å². The van der Waals surface area contributed by atoms with E-state index in [0.717, 1.165) is 70.3 Å². The molecule has 0 spiro atoms. The smallest absolute Gasteiger partial charge is 0.227 e. The molecule has 1 aromatic carbocycles. The third kappa shape index (κ3) is 5.58. The van der Waals surface area contributed by atoms with E-state index in [0.29, 0.717) is 23.2 Å². The van der Waals surface area contributed by atoms with Gasteiger partial charge < -0.3 is 15.1 Å². The topological polar surface area (TPSA) is 76.4 Å². The number of amides is 2. The van der Waals surface area contributed by atoms with Crippen molar-refractivity contribution in [1.82, 2.24) is 4.90 Å². The summed E-state index contributed by atoms with van der Waals surface area (Å²) in [7, 11) is 0. The minimum Gasteiger partial charge on any atom is -0.370 e. The van der Waals surface area contributed by atoms with Crippen LogP contribution in [-0.4, -0.2) is 42.9 Å². The van der Waals surface area contributed by atoms with Crippen LogP contribution in [0.1, 0.15) is 69.8 Å². The molecule has 0 radical (unpaired) electrons. The Bertz CT molecular complexity index is 823. The van der Waals surface area contributed by atoms with Crippen LogP contribution in [0.15, 0.2) is 18.2 Å². The van der Waals surface area contributed by atoms with Crippen LogP contribution in [-0.2, 0) is 9.59 Å². The highest BCUT2D eigenvalue weighted by atomic mass is 16.2. The SMILES string of the molecule is N#Cc1cc(NC(=O)C2CC2)ccc1N1CCCC(CCN(C=O)C2CCCCC2)C1. The van der Waals surface area contributed by atoms with Crippen molar-refractivity contribution in [3.63, 3.8) is 0 Å². The van der Waals surface area contributed by atoms with Gasteiger partial charge in [-0.1, -0.05) is 19.3 Å². The standard InChI is InChI=1S/C25H34N4O2/c26-16-21-15-22(27-25(31)20-8-9-20)10-11-24(21)28-13-4-5-19(17-28)12-14-29(18-30)23-6-2-1-3-7-23/h10-11,15,18-20,23H,1-9,12-14,17H2,(H,27,31). The third-order valence-electron chi connectivity index (χ3n) is 7.17. The van der Waals surface area contributed by atoms with E-state index < -0.39 is 0 Å². The van der Waals surface area contributed by atoms with Gasteiger partial charge in [0.2, 0.25) is 12.3 Å². The van der Waals surface area contributed by atoms with Crippen LogP contribution in [0.25, 0.3) is 0 Å². The summed E-state index contributed by atoms with van der Waals surface area (Å²) in [5.74, 6) is 0.737. The normalized spacial score (nSPS) is 21.9. The van der Waals surface area contributed by atoms with Crippen LogP contribution >= 0.6 is 0 Å². The van der Waals surface area contributed by atoms with E-state index in [4.69, 9.17) is 0 Å². The fourth-order valence-electron chi connectivity index (χ4n) is 5.15. The average Bonchev–Trinajstić information content (AvgIpc) is 3.66. The molecule has 4 rings (SSSR count). The van der Waals surface area contributed by atoms with Gasteiger partial charge in [0.25, 0.3) is 0 Å². The fourth-order valence-corrected chi connectivity index (χ4v) is 5.15. The van der Waals surface area contributed by atoms with Gasteiger partial charge in [-0.15, -0.1) is 0 Å². The zero-order valence-corrected chi connectivity index (χ0v) is 18.4. The number of nitrogens with zero attached hydrogens (tertiary/aromatic N) is 3. The van der Waals surface area contributed by atoms with Crippen LogP contribution in [0.3, 0.4) is 0 Å². The molecule has 2 amide bonds. The highest BCUT2D eigenvalue weighted by molar-refractivity contribution is 5.94. The number of carbonyl (C=O) groups is 2. The summed E-state index contributed by atoms with van der Waals surface area (Å²) in [6.07, 6.45) is 12.3. The summed E-state index contributed by atoms with van der Waals surface area (Å²) in [6.45, 7) is 2.70. The summed E-state index contributed by atoms with van der Waals surface area (Å²) >= 11 is 0. The molecule has 6 nitrogen and oxygen atoms in total. The van der Waals surface area contributed by atoms with E-state index in [2.05, 4.69) is 16.3 Å². The molecule has 1 aromatic rings. The minimum absolute atomic E-state index is 0.0624. The molecule has 31 heavy (non-hydrogen) atoms. The van der Waals surface area contributed by atoms with E-state index in [1.54, 1.807) is 6.07 Å². The van der Waals surface area contributed by atoms with Crippen LogP contribution < -0.4 is 10.2 Å². The van der Waals surface area contributed by atoms with Crippen LogP contribution in [0.2, 0.25) is 0 Å². The molecule has 3 fully saturated rings. The Balaban J connectivity index is 1.35. The van der Waals surface area contributed by atoms with Crippen molar-refractivity contribution in [3.8, 4) is 6.07 Å². The van der Waals surface area contributed by atoms with Crippen LogP contribution in [0.5, 0.6) is 0 Å². The summed E-state index contributed by atoms with van der Waals surface area (Å²) < 4.78 is 0. The van der Waals surface area contributed by atoms with Gasteiger partial charge in [0.15, 0.2) is 0 Å². The Morgan fingerprint density at radius 1 is 1.16 bits per heavy atom. The van der Waals surface area contributed by atoms with E-state index in [1.165, 1.54) is 25.7 Å². The number of benzene rings is 1. The van der Waals surface area contributed by atoms with Gasteiger partial charge in [0.1, 0.15) is 6.07 Å². The number of hydrogen-bond acceptors (Lipinski definition) is 4. The first-order chi connectivity index (χ1) is 15.2. The molecule has 0 bridgehead atoms. The Kier molecular flexibility index (Phi) is 7.11. The molecule has 2 aliphatic carbocycles. The van der Waals surface area contributed by atoms with Crippen molar-refractivity contribution in [2.24, 2.45) is 11.8 Å². The molecule has 3 aliphatic rings. The Labute approximate surface area is 185 Å². The molecule has 2 saturated carbocycles. The second-order valence-corrected chi connectivity index (χ2v) is 9.49. The van der Waals surface area contributed by atoms with E-state index >= 15 is 0 Å². The Morgan fingerprint density at radius 3 is 2.68 bits per heavy atom. The van der Waals surface area contributed by atoms with Gasteiger partial charge in [0.05, 0.1) is 11.3 Å². The third-order valence-corrected chi connectivity index (χ3v) is 7.17. The lowest BCUT2D eigenvalue weighted by Crippen LogP contribution is -2.40. The summed E-state index contributed by atoms with van der Waals surface area (Å²) in [5, 5.41) is 12.7. The summed E-state index contributed by atoms with van der Waals surface area (Å²) in [6, 6.07) is 8.44. The predicted molar refractivity (Wildman–Crippen MR) is 122 cm³/mol. The summed E-state index contributed by atoms with van der Waals surface area (Å²) in [4.78, 5) is 28.0. The lowest BCUT2D eigenvalue weighted by Gasteiger charge is -2.37. The molecule has 1 atom stereocenters. The molecule has 1 heterocycles. The first-order valence-corrected chi connectivity index (χ1v) is 12.0. The second kappa shape index (κ2) is 10.2. The van der Waals surface area contributed by atoms with Gasteiger partial charge in [-0.3, -0.25) is 9.59 Å². The van der Waals surface area contributed by atoms with E-state index in [-0.39, 0.29) is 11.8 Å². The first-order valence-electron chi connectivity index (χ1n) is 12.0. The molecule has 1 saturated heterocycles. The molecule has 166 valence electrons. The molecule has 1 unspecified atom stereocenters. The zero-order chi connectivity index (χ0) is 21.6. The summed E-state index contributed by atoms with van der Waals surface area (Å²) in [5.41, 5.74) is 2.28. The monoisotopic (exact) mass is 422 g/mol. The minimum atomic E-state index is 0.0624. The van der Waals surface area contributed by atoms with Crippen LogP contribution in [0, 0.1) is 23.2 Å². The molecule has 6 heteroatoms. The highest BCUT2D eigenvalue weighted by Crippen LogP contribution is 2.32. The lowest BCUT2D eigenvalue weighted by atomic mass is 9.91. The number of piperidine rings is 1. The highest BCUT2D eigenvalue weighted by Gasteiger charge is 2.30. The number of carbonyl (C=O) groups excluding carboxylic acids is 2. The van der Waals surface area contributed by atoms with Crippen LogP contribution in [0.4, 0.5) is 11.4 Å². The van der Waals surface area contributed by atoms with Crippen molar-refractivity contribution in [1.29, 1.82) is 5.26 Å². The van der Waals surface area contributed by atoms with Crippen molar-refractivity contribution in [3.05, 3.63) is 23.8 Å². The van der Waals surface area contributed by atoms with Crippen molar-refractivity contribution in [2.45, 2.75) is 70.3 Å².